The molecule has 0 fully saturated rings. The van der Waals surface area contributed by atoms with Crippen LogP contribution < -0.4 is 16.0 Å². The van der Waals surface area contributed by atoms with Gasteiger partial charge in [-0.15, -0.1) is 24.0 Å². The molecule has 0 heterocycles. The molecule has 0 bridgehead atoms. The maximum Gasteiger partial charge on any atom is 0.416 e. The van der Waals surface area contributed by atoms with E-state index in [0.717, 1.165) is 24.1 Å². The first-order valence-corrected chi connectivity index (χ1v) is 9.89. The highest BCUT2D eigenvalue weighted by Crippen LogP contribution is 2.29. The van der Waals surface area contributed by atoms with Crippen molar-refractivity contribution < 1.29 is 18.0 Å². The van der Waals surface area contributed by atoms with Gasteiger partial charge in [-0.05, 0) is 48.7 Å². The van der Waals surface area contributed by atoms with Crippen LogP contribution in [0.2, 0.25) is 0 Å². The summed E-state index contributed by atoms with van der Waals surface area (Å²) >= 11 is 0. The Morgan fingerprint density at radius 1 is 0.968 bits per heavy atom. The predicted octanol–water partition coefficient (Wildman–Crippen LogP) is 4.72. The first kappa shape index (κ1) is 26.7. The third-order valence-corrected chi connectivity index (χ3v) is 4.23. The number of nitrogens with one attached hydrogen (secondary N) is 3. The van der Waals surface area contributed by atoms with E-state index in [1.54, 1.807) is 12.1 Å². The van der Waals surface area contributed by atoms with Gasteiger partial charge in [0.1, 0.15) is 0 Å². The monoisotopic (exact) mass is 548 g/mol. The number of benzene rings is 2. The number of carbonyl (C=O) groups excluding carboxylic acids is 1. The van der Waals surface area contributed by atoms with Crippen molar-refractivity contribution in [3.8, 4) is 0 Å². The fourth-order valence-electron chi connectivity index (χ4n) is 2.66. The first-order valence-electron chi connectivity index (χ1n) is 9.89. The number of guanidine groups is 1. The van der Waals surface area contributed by atoms with E-state index in [0.29, 0.717) is 43.3 Å². The van der Waals surface area contributed by atoms with Gasteiger partial charge in [0.15, 0.2) is 5.96 Å². The Hall–Kier alpha value is -2.30. The van der Waals surface area contributed by atoms with Gasteiger partial charge in [0.05, 0.1) is 12.1 Å². The normalized spacial score (nSPS) is 11.5. The predicted molar refractivity (Wildman–Crippen MR) is 128 cm³/mol. The molecule has 3 N–H and O–H groups in total. The van der Waals surface area contributed by atoms with Gasteiger partial charge in [-0.2, -0.15) is 13.2 Å². The molecule has 9 heteroatoms. The zero-order valence-electron chi connectivity index (χ0n) is 17.6. The molecular weight excluding hydrogens is 520 g/mol. The largest absolute Gasteiger partial charge is 0.416 e. The molecule has 5 nitrogen and oxygen atoms in total. The Labute approximate surface area is 197 Å². The summed E-state index contributed by atoms with van der Waals surface area (Å²) in [4.78, 5) is 16.6. The molecule has 0 spiro atoms. The minimum Gasteiger partial charge on any atom is -0.357 e. The molecule has 2 aromatic rings. The number of aliphatic imine (C=N–C) groups is 1. The average Bonchev–Trinajstić information content (AvgIpc) is 2.74. The van der Waals surface area contributed by atoms with E-state index < -0.39 is 11.7 Å². The quantitative estimate of drug-likeness (QED) is 0.254. The van der Waals surface area contributed by atoms with Crippen LogP contribution in [0.25, 0.3) is 0 Å². The van der Waals surface area contributed by atoms with Gasteiger partial charge >= 0.3 is 6.18 Å². The SMILES string of the molecule is CCCNC(=O)c1cccc(CN=C(NCC)NCc2ccc(C(F)(F)F)cc2)c1.I. The van der Waals surface area contributed by atoms with E-state index in [4.69, 9.17) is 0 Å². The van der Waals surface area contributed by atoms with Gasteiger partial charge in [0.2, 0.25) is 0 Å². The number of halogens is 4. The second-order valence-electron chi connectivity index (χ2n) is 6.70. The lowest BCUT2D eigenvalue weighted by molar-refractivity contribution is -0.137. The molecule has 0 aliphatic heterocycles. The zero-order chi connectivity index (χ0) is 22.0. The van der Waals surface area contributed by atoms with Gasteiger partial charge < -0.3 is 16.0 Å². The van der Waals surface area contributed by atoms with E-state index in [-0.39, 0.29) is 29.9 Å². The topological polar surface area (TPSA) is 65.5 Å². The van der Waals surface area contributed by atoms with Crippen molar-refractivity contribution in [2.75, 3.05) is 13.1 Å². The Balaban J connectivity index is 0.00000480. The second-order valence-corrected chi connectivity index (χ2v) is 6.70. The van der Waals surface area contributed by atoms with E-state index >= 15 is 0 Å². The minimum absolute atomic E-state index is 0. The number of alkyl halides is 3. The van der Waals surface area contributed by atoms with E-state index in [2.05, 4.69) is 20.9 Å². The molecule has 0 saturated carbocycles. The van der Waals surface area contributed by atoms with Crippen LogP contribution in [0, 0.1) is 0 Å². The maximum absolute atomic E-state index is 12.7. The summed E-state index contributed by atoms with van der Waals surface area (Å²) in [5.41, 5.74) is 1.50. The Morgan fingerprint density at radius 2 is 1.68 bits per heavy atom. The molecule has 2 rings (SSSR count). The van der Waals surface area contributed by atoms with Crippen LogP contribution in [0.5, 0.6) is 0 Å². The van der Waals surface area contributed by atoms with Crippen LogP contribution in [-0.2, 0) is 19.3 Å². The smallest absolute Gasteiger partial charge is 0.357 e. The Morgan fingerprint density at radius 3 is 2.29 bits per heavy atom. The highest BCUT2D eigenvalue weighted by atomic mass is 127. The lowest BCUT2D eigenvalue weighted by atomic mass is 10.1. The van der Waals surface area contributed by atoms with Crippen LogP contribution >= 0.6 is 24.0 Å². The zero-order valence-corrected chi connectivity index (χ0v) is 19.9. The summed E-state index contributed by atoms with van der Waals surface area (Å²) in [7, 11) is 0. The molecule has 0 radical (unpaired) electrons. The molecule has 0 aromatic heterocycles. The standard InChI is InChI=1S/C22H27F3N4O.HI/c1-3-12-27-20(30)18-7-5-6-17(13-18)15-29-21(26-4-2)28-14-16-8-10-19(11-9-16)22(23,24)25;/h5-11,13H,3-4,12,14-15H2,1-2H3,(H,27,30)(H2,26,28,29);1H. The van der Waals surface area contributed by atoms with E-state index in [1.807, 2.05) is 26.0 Å². The van der Waals surface area contributed by atoms with Crippen LogP contribution in [0.3, 0.4) is 0 Å². The molecule has 0 atom stereocenters. The molecule has 0 unspecified atom stereocenters. The lowest BCUT2D eigenvalue weighted by Crippen LogP contribution is -2.36. The Bertz CT molecular complexity index is 855. The average molecular weight is 548 g/mol. The summed E-state index contributed by atoms with van der Waals surface area (Å²) in [5, 5.41) is 9.06. The number of nitrogens with zero attached hydrogens (tertiary/aromatic N) is 1. The van der Waals surface area contributed by atoms with Gasteiger partial charge in [0.25, 0.3) is 5.91 Å². The third-order valence-electron chi connectivity index (χ3n) is 4.23. The number of hydrogen-bond donors (Lipinski definition) is 3. The van der Waals surface area contributed by atoms with Crippen LogP contribution in [0.1, 0.15) is 47.3 Å². The summed E-state index contributed by atoms with van der Waals surface area (Å²) < 4.78 is 38.0. The molecular formula is C22H28F3IN4O. The van der Waals surface area contributed by atoms with Gasteiger partial charge in [0, 0.05) is 25.2 Å². The van der Waals surface area contributed by atoms with Gasteiger partial charge in [-0.3, -0.25) is 4.79 Å². The van der Waals surface area contributed by atoms with Gasteiger partial charge in [-0.1, -0.05) is 31.2 Å². The second kappa shape index (κ2) is 13.2. The fraction of sp³-hybridized carbons (Fsp3) is 0.364. The maximum atomic E-state index is 12.7. The van der Waals surface area contributed by atoms with Crippen LogP contribution in [0.4, 0.5) is 13.2 Å². The Kier molecular flexibility index (Phi) is 11.4. The van der Waals surface area contributed by atoms with Crippen molar-refractivity contribution in [3.63, 3.8) is 0 Å². The van der Waals surface area contributed by atoms with Gasteiger partial charge in [-0.25, -0.2) is 4.99 Å². The van der Waals surface area contributed by atoms with E-state index in [1.165, 1.54) is 12.1 Å². The molecule has 170 valence electrons. The summed E-state index contributed by atoms with van der Waals surface area (Å²) in [6.07, 6.45) is -3.48. The third kappa shape index (κ3) is 9.16. The van der Waals surface area contributed by atoms with Crippen molar-refractivity contribution in [1.82, 2.24) is 16.0 Å². The molecule has 2 aromatic carbocycles. The van der Waals surface area contributed by atoms with Crippen molar-refractivity contribution in [3.05, 3.63) is 70.8 Å². The minimum atomic E-state index is -4.34. The van der Waals surface area contributed by atoms with Crippen molar-refractivity contribution in [2.45, 2.75) is 39.5 Å². The van der Waals surface area contributed by atoms with Crippen molar-refractivity contribution >= 4 is 35.8 Å². The molecule has 0 aliphatic rings. The first-order chi connectivity index (χ1) is 14.3. The van der Waals surface area contributed by atoms with Crippen LogP contribution in [-0.4, -0.2) is 25.0 Å². The van der Waals surface area contributed by atoms with Crippen molar-refractivity contribution in [1.29, 1.82) is 0 Å². The summed E-state index contributed by atoms with van der Waals surface area (Å²) in [5.74, 6) is 0.424. The number of carbonyl (C=O) groups is 1. The fourth-order valence-corrected chi connectivity index (χ4v) is 2.66. The van der Waals surface area contributed by atoms with Crippen LogP contribution in [0.15, 0.2) is 53.5 Å². The van der Waals surface area contributed by atoms with E-state index in [9.17, 15) is 18.0 Å². The highest BCUT2D eigenvalue weighted by molar-refractivity contribution is 14.0. The highest BCUT2D eigenvalue weighted by Gasteiger charge is 2.29. The number of amides is 1. The molecule has 0 saturated heterocycles. The summed E-state index contributed by atoms with van der Waals surface area (Å²) in [6, 6.07) is 12.3. The number of rotatable bonds is 8. The number of hydrogen-bond acceptors (Lipinski definition) is 2. The molecule has 1 amide bonds. The summed E-state index contributed by atoms with van der Waals surface area (Å²) in [6.45, 7) is 5.87. The lowest BCUT2D eigenvalue weighted by Gasteiger charge is -2.12. The molecule has 31 heavy (non-hydrogen) atoms. The van der Waals surface area contributed by atoms with Crippen molar-refractivity contribution in [2.24, 2.45) is 4.99 Å². The molecule has 0 aliphatic carbocycles.